The fourth-order valence-corrected chi connectivity index (χ4v) is 1.83. The zero-order valence-electron chi connectivity index (χ0n) is 12.1. The van der Waals surface area contributed by atoms with Crippen LogP contribution in [0.5, 0.6) is 11.5 Å². The highest BCUT2D eigenvalue weighted by atomic mass is 16.5. The van der Waals surface area contributed by atoms with Crippen LogP contribution in [0.4, 0.5) is 0 Å². The molecule has 19 heavy (non-hydrogen) atoms. The molecule has 1 aromatic carbocycles. The van der Waals surface area contributed by atoms with Gasteiger partial charge in [-0.3, -0.25) is 0 Å². The van der Waals surface area contributed by atoms with E-state index in [1.165, 1.54) is 0 Å². The molecule has 0 atom stereocenters. The van der Waals surface area contributed by atoms with Crippen molar-refractivity contribution in [2.45, 2.75) is 33.6 Å². The summed E-state index contributed by atoms with van der Waals surface area (Å²) in [5, 5.41) is 12.1. The second-order valence-corrected chi connectivity index (χ2v) is 4.54. The molecule has 0 aliphatic heterocycles. The summed E-state index contributed by atoms with van der Waals surface area (Å²) in [6.07, 6.45) is 2.17. The molecule has 0 amide bonds. The minimum Gasteiger partial charge on any atom is -0.497 e. The standard InChI is InChI=1S/C15H23NO3/c1-5-12(6-2)10-19-15-9-13(18-4)7-8-14(15)11(3)16-17/h7-9,12,17H,5-6,10H2,1-4H3/b16-11+. The average molecular weight is 265 g/mol. The van der Waals surface area contributed by atoms with E-state index in [4.69, 9.17) is 14.7 Å². The summed E-state index contributed by atoms with van der Waals surface area (Å²) in [4.78, 5) is 0. The van der Waals surface area contributed by atoms with Crippen LogP contribution in [0.3, 0.4) is 0 Å². The molecule has 4 heteroatoms. The number of methoxy groups -OCH3 is 1. The Morgan fingerprint density at radius 3 is 2.53 bits per heavy atom. The van der Waals surface area contributed by atoms with Gasteiger partial charge in [-0.05, 0) is 25.0 Å². The van der Waals surface area contributed by atoms with E-state index in [1.807, 2.05) is 18.2 Å². The lowest BCUT2D eigenvalue weighted by molar-refractivity contribution is 0.239. The fourth-order valence-electron chi connectivity index (χ4n) is 1.83. The number of oxime groups is 1. The molecule has 0 aliphatic rings. The Balaban J connectivity index is 2.94. The molecule has 0 saturated carbocycles. The van der Waals surface area contributed by atoms with Crippen LogP contribution in [0.25, 0.3) is 0 Å². The maximum atomic E-state index is 8.91. The summed E-state index contributed by atoms with van der Waals surface area (Å²) in [6.45, 7) is 6.71. The van der Waals surface area contributed by atoms with Crippen LogP contribution < -0.4 is 9.47 Å². The van der Waals surface area contributed by atoms with Crippen LogP contribution >= 0.6 is 0 Å². The Morgan fingerprint density at radius 2 is 2.00 bits per heavy atom. The third-order valence-electron chi connectivity index (χ3n) is 3.36. The molecule has 0 bridgehead atoms. The molecule has 0 aromatic heterocycles. The van der Waals surface area contributed by atoms with Crippen molar-refractivity contribution in [3.8, 4) is 11.5 Å². The van der Waals surface area contributed by atoms with Gasteiger partial charge in [0.05, 0.1) is 19.4 Å². The number of nitrogens with zero attached hydrogens (tertiary/aromatic N) is 1. The average Bonchev–Trinajstić information content (AvgIpc) is 2.47. The molecule has 0 radical (unpaired) electrons. The van der Waals surface area contributed by atoms with E-state index in [2.05, 4.69) is 19.0 Å². The van der Waals surface area contributed by atoms with Gasteiger partial charge in [-0.2, -0.15) is 0 Å². The molecule has 0 saturated heterocycles. The number of rotatable bonds is 7. The zero-order chi connectivity index (χ0) is 14.3. The van der Waals surface area contributed by atoms with Crippen LogP contribution in [0.15, 0.2) is 23.4 Å². The molecular formula is C15H23NO3. The topological polar surface area (TPSA) is 51.0 Å². The van der Waals surface area contributed by atoms with E-state index in [-0.39, 0.29) is 0 Å². The molecule has 1 rings (SSSR count). The second kappa shape index (κ2) is 7.67. The highest BCUT2D eigenvalue weighted by Gasteiger charge is 2.11. The summed E-state index contributed by atoms with van der Waals surface area (Å²) >= 11 is 0. The van der Waals surface area contributed by atoms with Gasteiger partial charge in [0.15, 0.2) is 0 Å². The van der Waals surface area contributed by atoms with Crippen molar-refractivity contribution in [3.63, 3.8) is 0 Å². The molecule has 1 aromatic rings. The highest BCUT2D eigenvalue weighted by Crippen LogP contribution is 2.26. The predicted octanol–water partition coefficient (Wildman–Crippen LogP) is 3.71. The zero-order valence-corrected chi connectivity index (χ0v) is 12.1. The predicted molar refractivity (Wildman–Crippen MR) is 76.6 cm³/mol. The largest absolute Gasteiger partial charge is 0.497 e. The first-order chi connectivity index (χ1) is 9.15. The molecular weight excluding hydrogens is 242 g/mol. The molecule has 4 nitrogen and oxygen atoms in total. The van der Waals surface area contributed by atoms with Crippen molar-refractivity contribution in [1.82, 2.24) is 0 Å². The van der Waals surface area contributed by atoms with Crippen LogP contribution in [0.2, 0.25) is 0 Å². The smallest absolute Gasteiger partial charge is 0.132 e. The minimum atomic E-state index is 0.530. The third kappa shape index (κ3) is 4.16. The number of ether oxygens (including phenoxy) is 2. The first-order valence-corrected chi connectivity index (χ1v) is 6.66. The van der Waals surface area contributed by atoms with Crippen LogP contribution in [0, 0.1) is 5.92 Å². The Hall–Kier alpha value is -1.71. The monoisotopic (exact) mass is 265 g/mol. The van der Waals surface area contributed by atoms with E-state index in [0.717, 1.165) is 24.2 Å². The van der Waals surface area contributed by atoms with Gasteiger partial charge in [-0.25, -0.2) is 0 Å². The lowest BCUT2D eigenvalue weighted by Crippen LogP contribution is -2.12. The Labute approximate surface area is 115 Å². The first kappa shape index (κ1) is 15.3. The highest BCUT2D eigenvalue weighted by molar-refractivity contribution is 6.00. The maximum absolute atomic E-state index is 8.91. The van der Waals surface area contributed by atoms with Gasteiger partial charge < -0.3 is 14.7 Å². The quantitative estimate of drug-likeness (QED) is 0.464. The van der Waals surface area contributed by atoms with Gasteiger partial charge in [0.25, 0.3) is 0 Å². The number of benzene rings is 1. The van der Waals surface area contributed by atoms with Gasteiger partial charge in [0.1, 0.15) is 11.5 Å². The van der Waals surface area contributed by atoms with Crippen molar-refractivity contribution in [2.75, 3.05) is 13.7 Å². The van der Waals surface area contributed by atoms with Crippen molar-refractivity contribution >= 4 is 5.71 Å². The van der Waals surface area contributed by atoms with Crippen molar-refractivity contribution < 1.29 is 14.7 Å². The lowest BCUT2D eigenvalue weighted by Gasteiger charge is -2.16. The summed E-state index contributed by atoms with van der Waals surface area (Å²) in [5.41, 5.74) is 1.32. The van der Waals surface area contributed by atoms with Gasteiger partial charge in [0, 0.05) is 11.6 Å². The van der Waals surface area contributed by atoms with Gasteiger partial charge in [-0.1, -0.05) is 31.8 Å². The Bertz CT molecular complexity index is 425. The molecule has 1 N–H and O–H groups in total. The normalized spacial score (nSPS) is 11.7. The number of hydrogen-bond donors (Lipinski definition) is 1. The summed E-state index contributed by atoms with van der Waals surface area (Å²) < 4.78 is 11.1. The van der Waals surface area contributed by atoms with Crippen molar-refractivity contribution in [3.05, 3.63) is 23.8 Å². The first-order valence-electron chi connectivity index (χ1n) is 6.66. The second-order valence-electron chi connectivity index (χ2n) is 4.54. The molecule has 0 fully saturated rings. The molecule has 0 aliphatic carbocycles. The minimum absolute atomic E-state index is 0.530. The van der Waals surface area contributed by atoms with Gasteiger partial charge in [-0.15, -0.1) is 0 Å². The third-order valence-corrected chi connectivity index (χ3v) is 3.36. The van der Waals surface area contributed by atoms with Crippen LogP contribution in [-0.4, -0.2) is 24.6 Å². The Kier molecular flexibility index (Phi) is 6.19. The van der Waals surface area contributed by atoms with E-state index in [1.54, 1.807) is 14.0 Å². The molecule has 106 valence electrons. The molecule has 0 spiro atoms. The van der Waals surface area contributed by atoms with E-state index in [0.29, 0.717) is 24.0 Å². The lowest BCUT2D eigenvalue weighted by atomic mass is 10.1. The SMILES string of the molecule is CCC(CC)COc1cc(OC)ccc1/C(C)=N/O. The fraction of sp³-hybridized carbons (Fsp3) is 0.533. The summed E-state index contributed by atoms with van der Waals surface area (Å²) in [7, 11) is 1.62. The maximum Gasteiger partial charge on any atom is 0.132 e. The Morgan fingerprint density at radius 1 is 1.32 bits per heavy atom. The van der Waals surface area contributed by atoms with E-state index < -0.39 is 0 Å². The van der Waals surface area contributed by atoms with Crippen LogP contribution in [-0.2, 0) is 0 Å². The van der Waals surface area contributed by atoms with Crippen LogP contribution in [0.1, 0.15) is 39.2 Å². The van der Waals surface area contributed by atoms with E-state index in [9.17, 15) is 0 Å². The molecule has 0 heterocycles. The van der Waals surface area contributed by atoms with Gasteiger partial charge >= 0.3 is 0 Å². The van der Waals surface area contributed by atoms with Gasteiger partial charge in [0.2, 0.25) is 0 Å². The summed E-state index contributed by atoms with van der Waals surface area (Å²) in [5.74, 6) is 1.96. The number of hydrogen-bond acceptors (Lipinski definition) is 4. The van der Waals surface area contributed by atoms with Crippen molar-refractivity contribution in [1.29, 1.82) is 0 Å². The van der Waals surface area contributed by atoms with E-state index >= 15 is 0 Å². The summed E-state index contributed by atoms with van der Waals surface area (Å²) in [6, 6.07) is 5.50. The van der Waals surface area contributed by atoms with Crippen molar-refractivity contribution in [2.24, 2.45) is 11.1 Å². The molecule has 0 unspecified atom stereocenters.